The summed E-state index contributed by atoms with van der Waals surface area (Å²) >= 11 is 6.49. The molecular weight excluding hydrogens is 286 g/mol. The molecule has 0 spiro atoms. The van der Waals surface area contributed by atoms with Crippen molar-refractivity contribution >= 4 is 23.1 Å². The summed E-state index contributed by atoms with van der Waals surface area (Å²) in [4.78, 5) is 6.89. The number of pyridine rings is 1. The molecule has 0 aromatic carbocycles. The van der Waals surface area contributed by atoms with Crippen LogP contribution in [0.4, 0.5) is 5.69 Å². The third-order valence-electron chi connectivity index (χ3n) is 4.36. The molecule has 3 rings (SSSR count). The van der Waals surface area contributed by atoms with E-state index in [1.165, 1.54) is 19.5 Å². The minimum absolute atomic E-state index is 0.0860. The van der Waals surface area contributed by atoms with Gasteiger partial charge in [-0.3, -0.25) is 10.3 Å². The SMILES string of the molecule is N=C(N)c1nc(C2CCC(N3CCC3)C=C2Cl)ccc1N. The normalized spacial score (nSPS) is 26.0. The first-order valence-electron chi connectivity index (χ1n) is 7.28. The molecular formula is C15H20ClN5. The summed E-state index contributed by atoms with van der Waals surface area (Å²) in [5.74, 6) is -0.0217. The van der Waals surface area contributed by atoms with E-state index in [0.717, 1.165) is 23.6 Å². The molecule has 0 saturated carbocycles. The van der Waals surface area contributed by atoms with Gasteiger partial charge in [0.2, 0.25) is 0 Å². The summed E-state index contributed by atoms with van der Waals surface area (Å²) in [6, 6.07) is 4.10. The average molecular weight is 306 g/mol. The number of hydrogen-bond donors (Lipinski definition) is 3. The summed E-state index contributed by atoms with van der Waals surface area (Å²) in [6.45, 7) is 2.34. The van der Waals surface area contributed by atoms with E-state index in [4.69, 9.17) is 28.5 Å². The summed E-state index contributed by atoms with van der Waals surface area (Å²) in [7, 11) is 0. The molecule has 21 heavy (non-hydrogen) atoms. The van der Waals surface area contributed by atoms with E-state index in [9.17, 15) is 0 Å². The van der Waals surface area contributed by atoms with E-state index in [0.29, 0.717) is 17.4 Å². The van der Waals surface area contributed by atoms with Gasteiger partial charge in [0.15, 0.2) is 0 Å². The molecule has 0 amide bonds. The second kappa shape index (κ2) is 5.66. The third kappa shape index (κ3) is 2.76. The van der Waals surface area contributed by atoms with E-state index in [2.05, 4.69) is 16.0 Å². The highest BCUT2D eigenvalue weighted by Gasteiger charge is 2.30. The van der Waals surface area contributed by atoms with Crippen molar-refractivity contribution in [3.63, 3.8) is 0 Å². The van der Waals surface area contributed by atoms with Crippen molar-refractivity contribution in [2.45, 2.75) is 31.2 Å². The number of halogens is 1. The summed E-state index contributed by atoms with van der Waals surface area (Å²) in [5, 5.41) is 8.38. The van der Waals surface area contributed by atoms with Crippen molar-refractivity contribution in [3.05, 3.63) is 34.6 Å². The van der Waals surface area contributed by atoms with Gasteiger partial charge in [0, 0.05) is 22.7 Å². The lowest BCUT2D eigenvalue weighted by atomic mass is 9.88. The number of hydrogen-bond acceptors (Lipinski definition) is 4. The van der Waals surface area contributed by atoms with Crippen LogP contribution in [0.3, 0.4) is 0 Å². The highest BCUT2D eigenvalue weighted by Crippen LogP contribution is 2.38. The van der Waals surface area contributed by atoms with Crippen molar-refractivity contribution in [1.29, 1.82) is 5.41 Å². The maximum atomic E-state index is 7.54. The molecule has 2 aliphatic rings. The second-order valence-corrected chi connectivity index (χ2v) is 6.16. The maximum Gasteiger partial charge on any atom is 0.143 e. The predicted octanol–water partition coefficient (Wildman–Crippen LogP) is 2.02. The highest BCUT2D eigenvalue weighted by molar-refractivity contribution is 6.30. The molecule has 0 bridgehead atoms. The van der Waals surface area contributed by atoms with Crippen LogP contribution in [0, 0.1) is 5.41 Å². The largest absolute Gasteiger partial charge is 0.397 e. The highest BCUT2D eigenvalue weighted by atomic mass is 35.5. The minimum atomic E-state index is -0.108. The molecule has 6 heteroatoms. The number of nitrogens with two attached hydrogens (primary N) is 2. The fraction of sp³-hybridized carbons (Fsp3) is 0.467. The number of nitrogens with one attached hydrogen (secondary N) is 1. The van der Waals surface area contributed by atoms with Gasteiger partial charge in [0.25, 0.3) is 0 Å². The van der Waals surface area contributed by atoms with E-state index in [1.807, 2.05) is 6.07 Å². The molecule has 5 N–H and O–H groups in total. The lowest BCUT2D eigenvalue weighted by Crippen LogP contribution is -2.45. The summed E-state index contributed by atoms with van der Waals surface area (Å²) in [5.41, 5.74) is 13.0. The topological polar surface area (TPSA) is 92.0 Å². The number of rotatable bonds is 3. The zero-order valence-corrected chi connectivity index (χ0v) is 12.6. The summed E-state index contributed by atoms with van der Waals surface area (Å²) < 4.78 is 0. The first-order valence-corrected chi connectivity index (χ1v) is 7.66. The van der Waals surface area contributed by atoms with Gasteiger partial charge in [-0.2, -0.15) is 0 Å². The van der Waals surface area contributed by atoms with Crippen molar-refractivity contribution in [3.8, 4) is 0 Å². The first kappa shape index (κ1) is 14.4. The Kier molecular flexibility index (Phi) is 3.87. The molecule has 1 saturated heterocycles. The average Bonchev–Trinajstić information content (AvgIpc) is 2.37. The second-order valence-electron chi connectivity index (χ2n) is 5.73. The molecule has 1 aliphatic carbocycles. The molecule has 2 atom stereocenters. The Bertz CT molecular complexity index is 594. The number of anilines is 1. The maximum absolute atomic E-state index is 7.54. The summed E-state index contributed by atoms with van der Waals surface area (Å²) in [6.07, 6.45) is 5.49. The quantitative estimate of drug-likeness (QED) is 0.588. The van der Waals surface area contributed by atoms with Gasteiger partial charge in [-0.05, 0) is 44.5 Å². The zero-order valence-electron chi connectivity index (χ0n) is 11.8. The zero-order chi connectivity index (χ0) is 15.0. The molecule has 1 aromatic rings. The molecule has 1 aromatic heterocycles. The Morgan fingerprint density at radius 2 is 2.10 bits per heavy atom. The Labute approximate surface area is 129 Å². The minimum Gasteiger partial charge on any atom is -0.397 e. The van der Waals surface area contributed by atoms with Crippen LogP contribution in [-0.4, -0.2) is 34.9 Å². The Morgan fingerprint density at radius 3 is 2.67 bits per heavy atom. The van der Waals surface area contributed by atoms with Gasteiger partial charge in [-0.1, -0.05) is 17.7 Å². The fourth-order valence-corrected chi connectivity index (χ4v) is 3.37. The van der Waals surface area contributed by atoms with Crippen molar-refractivity contribution in [2.24, 2.45) is 5.73 Å². The molecule has 2 unspecified atom stereocenters. The van der Waals surface area contributed by atoms with Crippen LogP contribution >= 0.6 is 11.6 Å². The first-order chi connectivity index (χ1) is 10.1. The van der Waals surface area contributed by atoms with E-state index in [-0.39, 0.29) is 11.8 Å². The van der Waals surface area contributed by atoms with Gasteiger partial charge in [-0.25, -0.2) is 4.98 Å². The molecule has 112 valence electrons. The fourth-order valence-electron chi connectivity index (χ4n) is 3.00. The lowest BCUT2D eigenvalue weighted by molar-refractivity contribution is 0.132. The van der Waals surface area contributed by atoms with Crippen LogP contribution in [0.2, 0.25) is 0 Å². The van der Waals surface area contributed by atoms with E-state index in [1.54, 1.807) is 6.07 Å². The number of aromatic nitrogens is 1. The smallest absolute Gasteiger partial charge is 0.143 e. The van der Waals surface area contributed by atoms with Gasteiger partial charge < -0.3 is 11.5 Å². The van der Waals surface area contributed by atoms with Gasteiger partial charge in [0.05, 0.1) is 5.69 Å². The number of likely N-dealkylation sites (tertiary alicyclic amines) is 1. The standard InChI is InChI=1S/C15H20ClN5/c16-11-8-9(21-6-1-7-21)2-3-10(11)13-5-4-12(17)14(20-13)15(18)19/h4-5,8-10H,1-3,6-7,17H2,(H3,18,19). The van der Waals surface area contributed by atoms with Crippen molar-refractivity contribution in [2.75, 3.05) is 18.8 Å². The van der Waals surface area contributed by atoms with Gasteiger partial charge in [0.1, 0.15) is 11.5 Å². The van der Waals surface area contributed by atoms with Crippen LogP contribution in [-0.2, 0) is 0 Å². The van der Waals surface area contributed by atoms with Crippen molar-refractivity contribution < 1.29 is 0 Å². The van der Waals surface area contributed by atoms with Crippen LogP contribution in [0.1, 0.15) is 36.6 Å². The predicted molar refractivity (Wildman–Crippen MR) is 85.6 cm³/mol. The van der Waals surface area contributed by atoms with E-state index < -0.39 is 0 Å². The van der Waals surface area contributed by atoms with Gasteiger partial charge >= 0.3 is 0 Å². The monoisotopic (exact) mass is 305 g/mol. The number of allylic oxidation sites excluding steroid dienone is 1. The van der Waals surface area contributed by atoms with Crippen molar-refractivity contribution in [1.82, 2.24) is 9.88 Å². The molecule has 2 heterocycles. The number of amidine groups is 1. The van der Waals surface area contributed by atoms with Crippen LogP contribution in [0.5, 0.6) is 0 Å². The molecule has 5 nitrogen and oxygen atoms in total. The molecule has 1 aliphatic heterocycles. The third-order valence-corrected chi connectivity index (χ3v) is 4.74. The van der Waals surface area contributed by atoms with Crippen LogP contribution < -0.4 is 11.5 Å². The molecule has 0 radical (unpaired) electrons. The van der Waals surface area contributed by atoms with E-state index >= 15 is 0 Å². The Balaban J connectivity index is 1.84. The Morgan fingerprint density at radius 1 is 1.33 bits per heavy atom. The van der Waals surface area contributed by atoms with Gasteiger partial charge in [-0.15, -0.1) is 0 Å². The number of nitrogens with zero attached hydrogens (tertiary/aromatic N) is 2. The van der Waals surface area contributed by atoms with Crippen LogP contribution in [0.15, 0.2) is 23.2 Å². The Hall–Kier alpha value is -1.59. The van der Waals surface area contributed by atoms with Crippen LogP contribution in [0.25, 0.3) is 0 Å². The molecule has 1 fully saturated rings. The number of nitrogen functional groups attached to an aromatic ring is 2. The lowest BCUT2D eigenvalue weighted by Gasteiger charge is -2.39.